The van der Waals surface area contributed by atoms with Crippen molar-refractivity contribution in [2.45, 2.75) is 14.7 Å². The van der Waals surface area contributed by atoms with Gasteiger partial charge in [0.1, 0.15) is 37.3 Å². The van der Waals surface area contributed by atoms with Gasteiger partial charge < -0.3 is 9.97 Å². The van der Waals surface area contributed by atoms with Crippen LogP contribution in [0.1, 0.15) is 0 Å². The molecule has 3 aromatic heterocycles. The molecule has 2 aliphatic rings. The summed E-state index contributed by atoms with van der Waals surface area (Å²) in [4.78, 5) is 29.1. The molecule has 21 heteroatoms. The van der Waals surface area contributed by atoms with Crippen LogP contribution in [0.2, 0.25) is 0 Å². The van der Waals surface area contributed by atoms with Gasteiger partial charge in [-0.2, -0.15) is 25.3 Å². The number of hydrogen-bond acceptors (Lipinski definition) is 12. The van der Waals surface area contributed by atoms with Crippen molar-refractivity contribution < 1.29 is 56.0 Å². The summed E-state index contributed by atoms with van der Waals surface area (Å²) in [6, 6.07) is 21.7. The molecule has 8 bridgehead atoms. The molecule has 0 spiro atoms. The Labute approximate surface area is 308 Å². The van der Waals surface area contributed by atoms with E-state index in [1.807, 2.05) is 24.3 Å². The number of nitrogens with zero attached hydrogens (tertiary/aromatic N) is 6. The summed E-state index contributed by atoms with van der Waals surface area (Å²) >= 11 is 0. The fraction of sp³-hybridized carbons (Fsp3) is 0. The third-order valence-corrected chi connectivity index (χ3v) is 11.5. The summed E-state index contributed by atoms with van der Waals surface area (Å²) in [5.41, 5.74) is 1.95. The number of hydrogen-bond donors (Lipinski definition) is 5. The average Bonchev–Trinajstić information content (AvgIpc) is 3.82. The first-order chi connectivity index (χ1) is 24.7. The van der Waals surface area contributed by atoms with Gasteiger partial charge in [-0.25, -0.2) is 29.9 Å². The van der Waals surface area contributed by atoms with Gasteiger partial charge in [0.25, 0.3) is 30.4 Å². The van der Waals surface area contributed by atoms with Crippen molar-refractivity contribution >= 4 is 74.5 Å². The SMILES string of the molecule is O=S(=O)(O)c1cc2c3nc4nc(nc5[nH]c(nc6nc(nc([nH]3)c2c(S(=O)(=O)O)c1S(=O)(=O)O)-c1ccccc1-6)c1ccccc51)-c1ccccc1-4.[Mn]. The predicted molar refractivity (Wildman–Crippen MR) is 185 cm³/mol. The Balaban J connectivity index is 0.00000400. The maximum atomic E-state index is 13.0. The standard InChI is InChI=1S/C32H18N8O9S3.Mn/c41-50(42,43)21-13-20-22(24(52(47,48)49)23(21)51(44,45)46)32-39-30-19-12-6-5-11-18(19)28(37-30)35-26-15-8-2-1-7-14(15)25(33-26)34-27-16-9-3-4-10-17(16)29(36-27)38-31(20)40-32;/h1-13H,(H,41,42,43)(H,44,45,46)(H,47,48,49)(H2,33,34,35,36,37,38,39,40);. The minimum Gasteiger partial charge on any atom is -0.324 e. The Morgan fingerprint density at radius 2 is 0.792 bits per heavy atom. The van der Waals surface area contributed by atoms with E-state index in [1.54, 1.807) is 48.5 Å². The van der Waals surface area contributed by atoms with Gasteiger partial charge >= 0.3 is 0 Å². The first kappa shape index (κ1) is 34.6. The topological polar surface area (TPSA) is 272 Å². The maximum Gasteiger partial charge on any atom is 0.297 e. The molecule has 265 valence electrons. The number of rotatable bonds is 3. The normalized spacial score (nSPS) is 12.7. The van der Waals surface area contributed by atoms with E-state index in [1.165, 1.54) is 0 Å². The van der Waals surface area contributed by atoms with Crippen LogP contribution in [-0.4, -0.2) is 78.8 Å². The van der Waals surface area contributed by atoms with Crippen molar-refractivity contribution in [1.29, 1.82) is 0 Å². The van der Waals surface area contributed by atoms with Crippen LogP contribution in [-0.2, 0) is 47.4 Å². The second-order valence-corrected chi connectivity index (χ2v) is 15.7. The van der Waals surface area contributed by atoms with Gasteiger partial charge in [-0.15, -0.1) is 0 Å². The van der Waals surface area contributed by atoms with Gasteiger partial charge in [0.15, 0.2) is 23.3 Å². The van der Waals surface area contributed by atoms with Crippen LogP contribution in [0.25, 0.3) is 89.7 Å². The maximum absolute atomic E-state index is 13.0. The first-order valence-corrected chi connectivity index (χ1v) is 19.2. The molecule has 0 amide bonds. The van der Waals surface area contributed by atoms with Crippen LogP contribution in [0.5, 0.6) is 0 Å². The molecule has 5 heterocycles. The molecule has 0 saturated carbocycles. The molecular formula is C32H18MnN8O9S3. The van der Waals surface area contributed by atoms with Crippen LogP contribution < -0.4 is 0 Å². The van der Waals surface area contributed by atoms with E-state index < -0.39 is 61.5 Å². The van der Waals surface area contributed by atoms with Crippen molar-refractivity contribution in [3.05, 3.63) is 78.9 Å². The first-order valence-electron chi connectivity index (χ1n) is 14.9. The molecule has 4 aromatic carbocycles. The molecule has 5 N–H and O–H groups in total. The molecule has 9 rings (SSSR count). The quantitative estimate of drug-likeness (QED) is 0.120. The molecule has 0 unspecified atom stereocenters. The molecule has 0 fully saturated rings. The zero-order valence-electron chi connectivity index (χ0n) is 26.1. The fourth-order valence-electron chi connectivity index (χ4n) is 6.41. The van der Waals surface area contributed by atoms with Gasteiger partial charge in [0.2, 0.25) is 0 Å². The third-order valence-electron chi connectivity index (χ3n) is 8.51. The van der Waals surface area contributed by atoms with Crippen molar-refractivity contribution in [2.75, 3.05) is 0 Å². The summed E-state index contributed by atoms with van der Waals surface area (Å²) in [6.45, 7) is 0. The molecule has 2 aliphatic heterocycles. The summed E-state index contributed by atoms with van der Waals surface area (Å²) in [5.74, 6) is 0.356. The number of benzene rings is 4. The zero-order valence-corrected chi connectivity index (χ0v) is 29.7. The molecule has 0 atom stereocenters. The average molecular weight is 810 g/mol. The summed E-state index contributed by atoms with van der Waals surface area (Å²) < 4.78 is 107. The van der Waals surface area contributed by atoms with Crippen molar-refractivity contribution in [1.82, 2.24) is 39.9 Å². The fourth-order valence-corrected chi connectivity index (χ4v) is 9.80. The van der Waals surface area contributed by atoms with E-state index in [2.05, 4.69) is 29.9 Å². The molecule has 53 heavy (non-hydrogen) atoms. The van der Waals surface area contributed by atoms with Crippen molar-refractivity contribution in [2.24, 2.45) is 0 Å². The van der Waals surface area contributed by atoms with Crippen LogP contribution >= 0.6 is 0 Å². The number of aromatic amines is 2. The summed E-state index contributed by atoms with van der Waals surface area (Å²) in [5, 5.41) is 0.293. The summed E-state index contributed by atoms with van der Waals surface area (Å²) in [7, 11) is -17.1. The van der Waals surface area contributed by atoms with Crippen LogP contribution in [0.4, 0.5) is 0 Å². The largest absolute Gasteiger partial charge is 0.324 e. The smallest absolute Gasteiger partial charge is 0.297 e. The molecule has 1 radical (unpaired) electrons. The van der Waals surface area contributed by atoms with Crippen molar-refractivity contribution in [3.8, 4) is 45.6 Å². The van der Waals surface area contributed by atoms with E-state index >= 15 is 0 Å². The number of fused-ring (bicyclic) bond motifs is 20. The van der Waals surface area contributed by atoms with E-state index in [4.69, 9.17) is 9.97 Å². The van der Waals surface area contributed by atoms with Crippen molar-refractivity contribution in [3.63, 3.8) is 0 Å². The Morgan fingerprint density at radius 3 is 1.19 bits per heavy atom. The number of nitrogens with one attached hydrogen (secondary N) is 2. The number of H-pyrrole nitrogens is 2. The predicted octanol–water partition coefficient (Wildman–Crippen LogP) is 4.61. The molecule has 7 aromatic rings. The molecular weight excluding hydrogens is 792 g/mol. The Morgan fingerprint density at radius 1 is 0.434 bits per heavy atom. The second-order valence-electron chi connectivity index (χ2n) is 11.6. The Hall–Kier alpha value is -5.51. The van der Waals surface area contributed by atoms with E-state index in [-0.39, 0.29) is 46.0 Å². The van der Waals surface area contributed by atoms with E-state index in [0.717, 1.165) is 5.39 Å². The van der Waals surface area contributed by atoms with Crippen LogP contribution in [0, 0.1) is 0 Å². The van der Waals surface area contributed by atoms with Gasteiger partial charge in [-0.05, 0) is 6.07 Å². The molecule has 0 aliphatic carbocycles. The Bertz CT molecular complexity index is 3300. The second kappa shape index (κ2) is 11.7. The third kappa shape index (κ3) is 5.49. The van der Waals surface area contributed by atoms with E-state index in [0.29, 0.717) is 45.0 Å². The minimum atomic E-state index is -5.78. The van der Waals surface area contributed by atoms with Gasteiger partial charge in [-0.3, -0.25) is 13.7 Å². The zero-order chi connectivity index (χ0) is 36.3. The summed E-state index contributed by atoms with van der Waals surface area (Å²) in [6.07, 6.45) is 0. The van der Waals surface area contributed by atoms with Crippen LogP contribution in [0.3, 0.4) is 0 Å². The van der Waals surface area contributed by atoms with Gasteiger partial charge in [-0.1, -0.05) is 72.8 Å². The van der Waals surface area contributed by atoms with Gasteiger partial charge in [0.05, 0.1) is 5.39 Å². The van der Waals surface area contributed by atoms with Gasteiger partial charge in [0, 0.05) is 55.5 Å². The molecule has 17 nitrogen and oxygen atoms in total. The number of aromatic nitrogens is 8. The van der Waals surface area contributed by atoms with E-state index in [9.17, 15) is 38.9 Å². The monoisotopic (exact) mass is 809 g/mol. The molecule has 0 saturated heterocycles. The Kier molecular flexibility index (Phi) is 7.66. The van der Waals surface area contributed by atoms with Crippen LogP contribution in [0.15, 0.2) is 93.5 Å². The minimum absolute atomic E-state index is 0.